The van der Waals surface area contributed by atoms with Gasteiger partial charge in [-0.3, -0.25) is 9.59 Å². The Hall–Kier alpha value is -1.68. The van der Waals surface area contributed by atoms with Crippen LogP contribution >= 0.6 is 0 Å². The van der Waals surface area contributed by atoms with Gasteiger partial charge in [-0.1, -0.05) is 17.7 Å². The van der Waals surface area contributed by atoms with Gasteiger partial charge in [0.1, 0.15) is 0 Å². The van der Waals surface area contributed by atoms with Crippen molar-refractivity contribution < 1.29 is 9.59 Å². The standard InChI is InChI=1S/C18H26N2O2/c1-13-5-6-14(2)16(10-13)17(21)7-8-18(22)20-12-15-4-3-9-19-11-15/h5-6,10,15,19H,3-4,7-9,11-12H2,1-2H3,(H,20,22). The molecule has 1 aromatic rings. The largest absolute Gasteiger partial charge is 0.356 e. The number of hydrogen-bond acceptors (Lipinski definition) is 3. The van der Waals surface area contributed by atoms with E-state index in [0.717, 1.165) is 36.2 Å². The average Bonchev–Trinajstić information content (AvgIpc) is 2.54. The quantitative estimate of drug-likeness (QED) is 0.793. The summed E-state index contributed by atoms with van der Waals surface area (Å²) in [6.07, 6.45) is 2.88. The first-order valence-corrected chi connectivity index (χ1v) is 8.14. The van der Waals surface area contributed by atoms with Gasteiger partial charge in [0.2, 0.25) is 5.91 Å². The molecule has 0 spiro atoms. The smallest absolute Gasteiger partial charge is 0.220 e. The summed E-state index contributed by atoms with van der Waals surface area (Å²) in [5.41, 5.74) is 2.79. The van der Waals surface area contributed by atoms with E-state index < -0.39 is 0 Å². The molecule has 1 fully saturated rings. The molecule has 2 N–H and O–H groups in total. The van der Waals surface area contributed by atoms with Crippen molar-refractivity contribution >= 4 is 11.7 Å². The molecule has 1 heterocycles. The summed E-state index contributed by atoms with van der Waals surface area (Å²) in [6, 6.07) is 5.86. The first-order valence-electron chi connectivity index (χ1n) is 8.14. The Kier molecular flexibility index (Phi) is 6.13. The van der Waals surface area contributed by atoms with Crippen LogP contribution in [0.25, 0.3) is 0 Å². The molecule has 2 rings (SSSR count). The van der Waals surface area contributed by atoms with E-state index in [1.54, 1.807) is 0 Å². The molecule has 120 valence electrons. The molecule has 1 aliphatic heterocycles. The zero-order valence-corrected chi connectivity index (χ0v) is 13.6. The summed E-state index contributed by atoms with van der Waals surface area (Å²) in [7, 11) is 0. The lowest BCUT2D eigenvalue weighted by Crippen LogP contribution is -2.38. The Labute approximate surface area is 132 Å². The maximum Gasteiger partial charge on any atom is 0.220 e. The van der Waals surface area contributed by atoms with Crippen LogP contribution in [0.3, 0.4) is 0 Å². The number of nitrogens with one attached hydrogen (secondary N) is 2. The number of hydrogen-bond donors (Lipinski definition) is 2. The van der Waals surface area contributed by atoms with Gasteiger partial charge in [-0.05, 0) is 57.3 Å². The van der Waals surface area contributed by atoms with E-state index in [1.165, 1.54) is 6.42 Å². The fraction of sp³-hybridized carbons (Fsp3) is 0.556. The third kappa shape index (κ3) is 4.95. The van der Waals surface area contributed by atoms with Crippen LogP contribution in [0.5, 0.6) is 0 Å². The Morgan fingerprint density at radius 2 is 2.09 bits per heavy atom. The van der Waals surface area contributed by atoms with Gasteiger partial charge in [0.15, 0.2) is 5.78 Å². The lowest BCUT2D eigenvalue weighted by Gasteiger charge is -2.22. The number of carbonyl (C=O) groups excluding carboxylic acids is 2. The highest BCUT2D eigenvalue weighted by Gasteiger charge is 2.15. The van der Waals surface area contributed by atoms with Gasteiger partial charge in [-0.15, -0.1) is 0 Å². The van der Waals surface area contributed by atoms with Gasteiger partial charge in [0, 0.05) is 24.9 Å². The number of aryl methyl sites for hydroxylation is 2. The molecule has 4 nitrogen and oxygen atoms in total. The molecule has 0 radical (unpaired) electrons. The normalized spacial score (nSPS) is 18.0. The highest BCUT2D eigenvalue weighted by atomic mass is 16.2. The maximum absolute atomic E-state index is 12.2. The highest BCUT2D eigenvalue weighted by Crippen LogP contribution is 2.14. The lowest BCUT2D eigenvalue weighted by molar-refractivity contribution is -0.121. The lowest BCUT2D eigenvalue weighted by atomic mass is 9.98. The van der Waals surface area contributed by atoms with Crippen LogP contribution < -0.4 is 10.6 Å². The molecule has 1 atom stereocenters. The summed E-state index contributed by atoms with van der Waals surface area (Å²) < 4.78 is 0. The van der Waals surface area contributed by atoms with Crippen LogP contribution in [0.1, 0.15) is 47.2 Å². The molecule has 1 aliphatic rings. The first kappa shape index (κ1) is 16.7. The number of carbonyl (C=O) groups is 2. The minimum absolute atomic E-state index is 0.0239. The van der Waals surface area contributed by atoms with Crippen LogP contribution in [-0.2, 0) is 4.79 Å². The molecular formula is C18H26N2O2. The molecule has 0 saturated carbocycles. The average molecular weight is 302 g/mol. The van der Waals surface area contributed by atoms with Crippen molar-refractivity contribution in [2.75, 3.05) is 19.6 Å². The molecule has 22 heavy (non-hydrogen) atoms. The first-order chi connectivity index (χ1) is 10.6. The predicted octanol–water partition coefficient (Wildman–Crippen LogP) is 2.38. The summed E-state index contributed by atoms with van der Waals surface area (Å²) >= 11 is 0. The Balaban J connectivity index is 1.75. The van der Waals surface area contributed by atoms with E-state index >= 15 is 0 Å². The minimum atomic E-state index is -0.0239. The number of benzene rings is 1. The van der Waals surface area contributed by atoms with Crippen LogP contribution in [0, 0.1) is 19.8 Å². The summed E-state index contributed by atoms with van der Waals surface area (Å²) in [5.74, 6) is 0.548. The zero-order valence-electron chi connectivity index (χ0n) is 13.6. The van der Waals surface area contributed by atoms with Crippen LogP contribution in [-0.4, -0.2) is 31.3 Å². The van der Waals surface area contributed by atoms with Crippen LogP contribution in [0.2, 0.25) is 0 Å². The van der Waals surface area contributed by atoms with E-state index in [9.17, 15) is 9.59 Å². The monoisotopic (exact) mass is 302 g/mol. The van der Waals surface area contributed by atoms with Gasteiger partial charge >= 0.3 is 0 Å². The number of ketones is 1. The second-order valence-corrected chi connectivity index (χ2v) is 6.26. The summed E-state index contributed by atoms with van der Waals surface area (Å²) in [5, 5.41) is 6.29. The number of piperidine rings is 1. The third-order valence-corrected chi connectivity index (χ3v) is 4.26. The number of Topliss-reactive ketones (excluding diaryl/α,β-unsaturated/α-hetero) is 1. The van der Waals surface area contributed by atoms with Crippen molar-refractivity contribution in [2.45, 2.75) is 39.5 Å². The number of amides is 1. The highest BCUT2D eigenvalue weighted by molar-refractivity contribution is 5.99. The van der Waals surface area contributed by atoms with E-state index in [2.05, 4.69) is 10.6 Å². The van der Waals surface area contributed by atoms with Crippen molar-refractivity contribution in [1.29, 1.82) is 0 Å². The van der Waals surface area contributed by atoms with E-state index in [4.69, 9.17) is 0 Å². The van der Waals surface area contributed by atoms with Gasteiger partial charge in [0.05, 0.1) is 0 Å². The molecule has 4 heteroatoms. The van der Waals surface area contributed by atoms with Crippen molar-refractivity contribution in [2.24, 2.45) is 5.92 Å². The van der Waals surface area contributed by atoms with E-state index in [1.807, 2.05) is 32.0 Å². The van der Waals surface area contributed by atoms with Crippen molar-refractivity contribution in [3.63, 3.8) is 0 Å². The van der Waals surface area contributed by atoms with Gasteiger partial charge < -0.3 is 10.6 Å². The molecule has 0 aromatic heterocycles. The van der Waals surface area contributed by atoms with Crippen molar-refractivity contribution in [1.82, 2.24) is 10.6 Å². The second kappa shape index (κ2) is 8.08. The van der Waals surface area contributed by atoms with E-state index in [0.29, 0.717) is 12.5 Å². The molecule has 1 unspecified atom stereocenters. The molecule has 1 saturated heterocycles. The molecule has 1 amide bonds. The topological polar surface area (TPSA) is 58.2 Å². The third-order valence-electron chi connectivity index (χ3n) is 4.26. The Morgan fingerprint density at radius 3 is 2.82 bits per heavy atom. The van der Waals surface area contributed by atoms with Crippen LogP contribution in [0.4, 0.5) is 0 Å². The van der Waals surface area contributed by atoms with Gasteiger partial charge in [-0.2, -0.15) is 0 Å². The Bertz CT molecular complexity index is 534. The van der Waals surface area contributed by atoms with Gasteiger partial charge in [-0.25, -0.2) is 0 Å². The summed E-state index contributed by atoms with van der Waals surface area (Å²) in [6.45, 7) is 6.67. The summed E-state index contributed by atoms with van der Waals surface area (Å²) in [4.78, 5) is 24.1. The van der Waals surface area contributed by atoms with Crippen molar-refractivity contribution in [3.05, 3.63) is 34.9 Å². The molecule has 0 bridgehead atoms. The minimum Gasteiger partial charge on any atom is -0.356 e. The molecule has 1 aromatic carbocycles. The fourth-order valence-corrected chi connectivity index (χ4v) is 2.84. The maximum atomic E-state index is 12.2. The van der Waals surface area contributed by atoms with Crippen molar-refractivity contribution in [3.8, 4) is 0 Å². The number of rotatable bonds is 6. The van der Waals surface area contributed by atoms with E-state index in [-0.39, 0.29) is 24.5 Å². The zero-order chi connectivity index (χ0) is 15.9. The SMILES string of the molecule is Cc1ccc(C)c(C(=O)CCC(=O)NCC2CCCNC2)c1. The van der Waals surface area contributed by atoms with Crippen LogP contribution in [0.15, 0.2) is 18.2 Å². The molecular weight excluding hydrogens is 276 g/mol. The Morgan fingerprint density at radius 1 is 1.27 bits per heavy atom. The fourth-order valence-electron chi connectivity index (χ4n) is 2.84. The molecule has 0 aliphatic carbocycles. The second-order valence-electron chi connectivity index (χ2n) is 6.26. The predicted molar refractivity (Wildman–Crippen MR) is 88.1 cm³/mol. The van der Waals surface area contributed by atoms with Gasteiger partial charge in [0.25, 0.3) is 0 Å².